The SMILES string of the molecule is C[C@H](OC(=O)/C=C/c1ccc(C#N)cc1)C(=O)Nc1ccc(F)cc1Cl. The Morgan fingerprint density at radius 1 is 1.27 bits per heavy atom. The van der Waals surface area contributed by atoms with Crippen molar-refractivity contribution in [1.82, 2.24) is 0 Å². The summed E-state index contributed by atoms with van der Waals surface area (Å²) in [6.07, 6.45) is 1.61. The summed E-state index contributed by atoms with van der Waals surface area (Å²) in [6.45, 7) is 1.40. The van der Waals surface area contributed by atoms with E-state index in [2.05, 4.69) is 5.32 Å². The molecule has 0 saturated carbocycles. The van der Waals surface area contributed by atoms with Crippen molar-refractivity contribution in [3.8, 4) is 6.07 Å². The molecule has 1 amide bonds. The summed E-state index contributed by atoms with van der Waals surface area (Å²) >= 11 is 5.83. The van der Waals surface area contributed by atoms with Gasteiger partial charge in [-0.3, -0.25) is 4.79 Å². The van der Waals surface area contributed by atoms with Gasteiger partial charge in [-0.05, 0) is 48.9 Å². The van der Waals surface area contributed by atoms with Crippen LogP contribution in [-0.4, -0.2) is 18.0 Å². The van der Waals surface area contributed by atoms with E-state index in [0.29, 0.717) is 11.1 Å². The number of ether oxygens (including phenoxy) is 1. The van der Waals surface area contributed by atoms with Crippen LogP contribution in [0.3, 0.4) is 0 Å². The molecule has 0 aliphatic carbocycles. The number of halogens is 2. The van der Waals surface area contributed by atoms with Gasteiger partial charge in [0.1, 0.15) is 5.82 Å². The van der Waals surface area contributed by atoms with Gasteiger partial charge in [-0.25, -0.2) is 9.18 Å². The lowest BCUT2D eigenvalue weighted by Crippen LogP contribution is -2.29. The standard InChI is InChI=1S/C19H14ClFN2O3/c1-12(19(25)23-17-8-7-15(21)10-16(17)20)26-18(24)9-6-13-2-4-14(11-22)5-3-13/h2-10,12H,1H3,(H,23,25)/b9-6+/t12-/m0/s1. The first-order valence-electron chi connectivity index (χ1n) is 7.54. The van der Waals surface area contributed by atoms with E-state index in [1.165, 1.54) is 25.1 Å². The van der Waals surface area contributed by atoms with Crippen LogP contribution >= 0.6 is 11.6 Å². The molecule has 0 aromatic heterocycles. The van der Waals surface area contributed by atoms with Gasteiger partial charge < -0.3 is 10.1 Å². The van der Waals surface area contributed by atoms with Crippen LogP contribution in [-0.2, 0) is 14.3 Å². The Kier molecular flexibility index (Phi) is 6.48. The number of esters is 1. The number of carbonyl (C=O) groups excluding carboxylic acids is 2. The van der Waals surface area contributed by atoms with Crippen molar-refractivity contribution in [2.45, 2.75) is 13.0 Å². The van der Waals surface area contributed by atoms with Gasteiger partial charge >= 0.3 is 5.97 Å². The monoisotopic (exact) mass is 372 g/mol. The first kappa shape index (κ1) is 19.2. The topological polar surface area (TPSA) is 79.2 Å². The quantitative estimate of drug-likeness (QED) is 0.637. The lowest BCUT2D eigenvalue weighted by molar-refractivity contribution is -0.148. The van der Waals surface area contributed by atoms with Crippen LogP contribution < -0.4 is 5.32 Å². The molecule has 2 aromatic rings. The molecule has 2 rings (SSSR count). The van der Waals surface area contributed by atoms with E-state index in [9.17, 15) is 14.0 Å². The zero-order valence-electron chi connectivity index (χ0n) is 13.7. The number of carbonyl (C=O) groups is 2. The van der Waals surface area contributed by atoms with Crippen LogP contribution in [0.5, 0.6) is 0 Å². The van der Waals surface area contributed by atoms with Crippen molar-refractivity contribution in [2.24, 2.45) is 0 Å². The maximum absolute atomic E-state index is 13.0. The van der Waals surface area contributed by atoms with Crippen LogP contribution in [0.4, 0.5) is 10.1 Å². The molecule has 26 heavy (non-hydrogen) atoms. The zero-order valence-corrected chi connectivity index (χ0v) is 14.5. The van der Waals surface area contributed by atoms with Gasteiger partial charge in [0.2, 0.25) is 0 Å². The molecular formula is C19H14ClFN2O3. The summed E-state index contributed by atoms with van der Waals surface area (Å²) < 4.78 is 18.0. The Hall–Kier alpha value is -3.17. The van der Waals surface area contributed by atoms with Gasteiger partial charge in [-0.15, -0.1) is 0 Å². The number of rotatable bonds is 5. The zero-order chi connectivity index (χ0) is 19.1. The van der Waals surface area contributed by atoms with E-state index in [1.807, 2.05) is 6.07 Å². The Morgan fingerprint density at radius 2 is 1.96 bits per heavy atom. The third kappa shape index (κ3) is 5.43. The molecule has 0 bridgehead atoms. The van der Waals surface area contributed by atoms with Gasteiger partial charge in [0, 0.05) is 6.08 Å². The highest BCUT2D eigenvalue weighted by Gasteiger charge is 2.17. The molecule has 0 fully saturated rings. The predicted molar refractivity (Wildman–Crippen MR) is 95.8 cm³/mol. The molecule has 132 valence electrons. The van der Waals surface area contributed by atoms with Crippen molar-refractivity contribution >= 4 is 35.2 Å². The van der Waals surface area contributed by atoms with Gasteiger partial charge in [-0.1, -0.05) is 23.7 Å². The third-order valence-corrected chi connectivity index (χ3v) is 3.62. The summed E-state index contributed by atoms with van der Waals surface area (Å²) in [7, 11) is 0. The fourth-order valence-electron chi connectivity index (χ4n) is 1.93. The van der Waals surface area contributed by atoms with Gasteiger partial charge in [-0.2, -0.15) is 5.26 Å². The smallest absolute Gasteiger partial charge is 0.331 e. The number of nitriles is 1. The van der Waals surface area contributed by atoms with E-state index in [4.69, 9.17) is 21.6 Å². The predicted octanol–water partition coefficient (Wildman–Crippen LogP) is 3.93. The van der Waals surface area contributed by atoms with E-state index in [-0.39, 0.29) is 10.7 Å². The Labute approximate surface area is 154 Å². The van der Waals surface area contributed by atoms with E-state index >= 15 is 0 Å². The molecule has 2 aromatic carbocycles. The first-order chi connectivity index (χ1) is 12.4. The summed E-state index contributed by atoms with van der Waals surface area (Å²) in [5.74, 6) is -1.83. The van der Waals surface area contributed by atoms with Crippen LogP contribution in [0, 0.1) is 17.1 Å². The molecule has 0 spiro atoms. The average molecular weight is 373 g/mol. The second-order valence-electron chi connectivity index (χ2n) is 5.26. The summed E-state index contributed by atoms with van der Waals surface area (Å²) in [6, 6.07) is 12.1. The van der Waals surface area contributed by atoms with Crippen molar-refractivity contribution in [3.63, 3.8) is 0 Å². The lowest BCUT2D eigenvalue weighted by atomic mass is 10.1. The molecule has 0 heterocycles. The molecule has 0 aliphatic heterocycles. The van der Waals surface area contributed by atoms with Crippen molar-refractivity contribution in [1.29, 1.82) is 5.26 Å². The highest BCUT2D eigenvalue weighted by Crippen LogP contribution is 2.22. The second kappa shape index (κ2) is 8.79. The Morgan fingerprint density at radius 3 is 2.58 bits per heavy atom. The van der Waals surface area contributed by atoms with Crippen molar-refractivity contribution in [3.05, 3.63) is 70.5 Å². The number of nitrogens with zero attached hydrogens (tertiary/aromatic N) is 1. The fourth-order valence-corrected chi connectivity index (χ4v) is 2.14. The Balaban J connectivity index is 1.91. The molecule has 0 unspecified atom stereocenters. The van der Waals surface area contributed by atoms with E-state index < -0.39 is 23.8 Å². The second-order valence-corrected chi connectivity index (χ2v) is 5.67. The van der Waals surface area contributed by atoms with E-state index in [0.717, 1.165) is 12.1 Å². The van der Waals surface area contributed by atoms with Crippen LogP contribution in [0.25, 0.3) is 6.08 Å². The highest BCUT2D eigenvalue weighted by atomic mass is 35.5. The molecule has 5 nitrogen and oxygen atoms in total. The van der Waals surface area contributed by atoms with Gasteiger partial charge in [0.15, 0.2) is 6.10 Å². The summed E-state index contributed by atoms with van der Waals surface area (Å²) in [4.78, 5) is 23.8. The maximum Gasteiger partial charge on any atom is 0.331 e. The highest BCUT2D eigenvalue weighted by molar-refractivity contribution is 6.33. The minimum atomic E-state index is -1.07. The maximum atomic E-state index is 13.0. The number of hydrogen-bond acceptors (Lipinski definition) is 4. The largest absolute Gasteiger partial charge is 0.449 e. The number of benzene rings is 2. The van der Waals surface area contributed by atoms with Gasteiger partial charge in [0.05, 0.1) is 22.3 Å². The van der Waals surface area contributed by atoms with Crippen molar-refractivity contribution in [2.75, 3.05) is 5.32 Å². The molecular weight excluding hydrogens is 359 g/mol. The van der Waals surface area contributed by atoms with Crippen LogP contribution in [0.15, 0.2) is 48.5 Å². The molecule has 0 radical (unpaired) electrons. The molecule has 0 aliphatic rings. The minimum Gasteiger partial charge on any atom is -0.449 e. The number of anilines is 1. The Bertz CT molecular complexity index is 889. The fraction of sp³-hybridized carbons (Fsp3) is 0.105. The average Bonchev–Trinajstić information content (AvgIpc) is 2.62. The molecule has 1 N–H and O–H groups in total. The molecule has 1 atom stereocenters. The third-order valence-electron chi connectivity index (χ3n) is 3.30. The minimum absolute atomic E-state index is 0.0394. The summed E-state index contributed by atoms with van der Waals surface area (Å²) in [5, 5.41) is 11.2. The van der Waals surface area contributed by atoms with Crippen LogP contribution in [0.1, 0.15) is 18.1 Å². The summed E-state index contributed by atoms with van der Waals surface area (Å²) in [5.41, 5.74) is 1.43. The van der Waals surface area contributed by atoms with Gasteiger partial charge in [0.25, 0.3) is 5.91 Å². The normalized spacial score (nSPS) is 11.6. The van der Waals surface area contributed by atoms with E-state index in [1.54, 1.807) is 24.3 Å². The molecule has 7 heteroatoms. The number of hydrogen-bond donors (Lipinski definition) is 1. The van der Waals surface area contributed by atoms with Crippen LogP contribution in [0.2, 0.25) is 5.02 Å². The first-order valence-corrected chi connectivity index (χ1v) is 7.91. The lowest BCUT2D eigenvalue weighted by Gasteiger charge is -2.13. The number of amides is 1. The number of nitrogens with one attached hydrogen (secondary N) is 1. The van der Waals surface area contributed by atoms with Crippen molar-refractivity contribution < 1.29 is 18.7 Å². The molecule has 0 saturated heterocycles.